The van der Waals surface area contributed by atoms with Gasteiger partial charge in [0.2, 0.25) is 10.0 Å². The lowest BCUT2D eigenvalue weighted by atomic mass is 10.0. The van der Waals surface area contributed by atoms with Crippen LogP contribution in [0.5, 0.6) is 0 Å². The average molecular weight is 301 g/mol. The summed E-state index contributed by atoms with van der Waals surface area (Å²) in [5.74, 6) is 0. The number of nitrogens with one attached hydrogen (secondary N) is 1. The highest BCUT2D eigenvalue weighted by molar-refractivity contribution is 7.89. The van der Waals surface area contributed by atoms with Gasteiger partial charge in [0.05, 0.1) is 23.6 Å². The summed E-state index contributed by atoms with van der Waals surface area (Å²) >= 11 is 0. The van der Waals surface area contributed by atoms with Crippen LogP contribution in [0.25, 0.3) is 0 Å². The lowest BCUT2D eigenvalue weighted by Gasteiger charge is -2.30. The van der Waals surface area contributed by atoms with Crippen LogP contribution in [0.2, 0.25) is 0 Å². The van der Waals surface area contributed by atoms with Crippen molar-refractivity contribution in [2.75, 3.05) is 13.2 Å². The zero-order chi connectivity index (χ0) is 15.6. The Hall–Kier alpha value is -0.950. The van der Waals surface area contributed by atoms with Gasteiger partial charge in [0, 0.05) is 0 Å². The third-order valence-electron chi connectivity index (χ3n) is 3.51. The van der Waals surface area contributed by atoms with Crippen LogP contribution in [0.4, 0.5) is 0 Å². The van der Waals surface area contributed by atoms with E-state index in [1.54, 1.807) is 32.9 Å². The van der Waals surface area contributed by atoms with Crippen LogP contribution >= 0.6 is 0 Å². The first kappa shape index (κ1) is 17.1. The van der Waals surface area contributed by atoms with Crippen LogP contribution in [-0.4, -0.2) is 37.4 Å². The molecule has 114 valence electrons. The Morgan fingerprint density at radius 2 is 1.55 bits per heavy atom. The number of hydrogen-bond donors (Lipinski definition) is 3. The van der Waals surface area contributed by atoms with Gasteiger partial charge in [0.1, 0.15) is 0 Å². The second-order valence-corrected chi connectivity index (χ2v) is 6.90. The van der Waals surface area contributed by atoms with Crippen LogP contribution < -0.4 is 4.72 Å². The van der Waals surface area contributed by atoms with Crippen molar-refractivity contribution in [3.63, 3.8) is 0 Å². The maximum atomic E-state index is 12.5. The minimum atomic E-state index is -3.80. The van der Waals surface area contributed by atoms with E-state index in [2.05, 4.69) is 4.72 Å². The van der Waals surface area contributed by atoms with Gasteiger partial charge in [0.25, 0.3) is 0 Å². The molecule has 0 heterocycles. The zero-order valence-corrected chi connectivity index (χ0v) is 13.2. The van der Waals surface area contributed by atoms with Crippen LogP contribution in [0.15, 0.2) is 17.0 Å². The quantitative estimate of drug-likeness (QED) is 0.732. The molecule has 0 spiro atoms. The SMILES string of the molecule is CCC(CO)(CO)NS(=O)(=O)c1c(C)cc(C)cc1C. The van der Waals surface area contributed by atoms with Gasteiger partial charge >= 0.3 is 0 Å². The van der Waals surface area contributed by atoms with Crippen LogP contribution in [0, 0.1) is 20.8 Å². The van der Waals surface area contributed by atoms with Gasteiger partial charge in [-0.2, -0.15) is 0 Å². The summed E-state index contributed by atoms with van der Waals surface area (Å²) in [6.45, 7) is 6.18. The lowest BCUT2D eigenvalue weighted by Crippen LogP contribution is -2.53. The summed E-state index contributed by atoms with van der Waals surface area (Å²) in [5.41, 5.74) is 1.06. The molecule has 0 aromatic heterocycles. The molecule has 6 heteroatoms. The minimum absolute atomic E-state index is 0.211. The van der Waals surface area contributed by atoms with Crippen molar-refractivity contribution in [3.05, 3.63) is 28.8 Å². The van der Waals surface area contributed by atoms with Crippen molar-refractivity contribution in [1.82, 2.24) is 4.72 Å². The number of hydrogen-bond acceptors (Lipinski definition) is 4. The molecule has 0 amide bonds. The Morgan fingerprint density at radius 3 is 1.90 bits per heavy atom. The predicted molar refractivity (Wildman–Crippen MR) is 78.2 cm³/mol. The van der Waals surface area contributed by atoms with Crippen LogP contribution in [0.1, 0.15) is 30.0 Å². The molecule has 0 aliphatic carbocycles. The summed E-state index contributed by atoms with van der Waals surface area (Å²) in [6, 6.07) is 3.60. The molecule has 0 saturated heterocycles. The highest BCUT2D eigenvalue weighted by Gasteiger charge is 2.33. The summed E-state index contributed by atoms with van der Waals surface area (Å²) in [6.07, 6.45) is 0.295. The molecule has 0 atom stereocenters. The van der Waals surface area contributed by atoms with Crippen molar-refractivity contribution in [2.45, 2.75) is 44.6 Å². The summed E-state index contributed by atoms with van der Waals surface area (Å²) < 4.78 is 27.5. The molecule has 0 unspecified atom stereocenters. The van der Waals surface area contributed by atoms with E-state index in [4.69, 9.17) is 0 Å². The van der Waals surface area contributed by atoms with Gasteiger partial charge in [-0.15, -0.1) is 0 Å². The first-order valence-corrected chi connectivity index (χ1v) is 8.03. The maximum Gasteiger partial charge on any atom is 0.241 e. The fraction of sp³-hybridized carbons (Fsp3) is 0.571. The maximum absolute atomic E-state index is 12.5. The third kappa shape index (κ3) is 3.38. The third-order valence-corrected chi connectivity index (χ3v) is 5.39. The first-order chi connectivity index (χ1) is 9.21. The number of aryl methyl sites for hydroxylation is 3. The summed E-state index contributed by atoms with van der Waals surface area (Å²) in [7, 11) is -3.80. The van der Waals surface area contributed by atoms with Crippen molar-refractivity contribution in [1.29, 1.82) is 0 Å². The molecule has 0 fully saturated rings. The normalized spacial score (nSPS) is 12.7. The molecule has 0 aliphatic rings. The number of rotatable bonds is 6. The number of sulfonamides is 1. The van der Waals surface area contributed by atoms with Crippen molar-refractivity contribution in [2.24, 2.45) is 0 Å². The summed E-state index contributed by atoms with van der Waals surface area (Å²) in [5, 5.41) is 18.8. The van der Waals surface area contributed by atoms with E-state index < -0.39 is 28.8 Å². The topological polar surface area (TPSA) is 86.6 Å². The lowest BCUT2D eigenvalue weighted by molar-refractivity contribution is 0.105. The van der Waals surface area contributed by atoms with Crippen LogP contribution in [-0.2, 0) is 10.0 Å². The van der Waals surface area contributed by atoms with E-state index in [1.165, 1.54) is 0 Å². The standard InChI is InChI=1S/C14H23NO4S/c1-5-14(8-16,9-17)15-20(18,19)13-11(3)6-10(2)7-12(13)4/h6-7,15-17H,5,8-9H2,1-4H3. The van der Waals surface area contributed by atoms with Crippen molar-refractivity contribution in [3.8, 4) is 0 Å². The molecule has 0 radical (unpaired) electrons. The largest absolute Gasteiger partial charge is 0.394 e. The molecule has 5 nitrogen and oxygen atoms in total. The van der Waals surface area contributed by atoms with E-state index in [1.807, 2.05) is 6.92 Å². The average Bonchev–Trinajstić information content (AvgIpc) is 2.34. The van der Waals surface area contributed by atoms with Gasteiger partial charge in [-0.05, 0) is 38.3 Å². The Bertz CT molecular complexity index is 546. The fourth-order valence-electron chi connectivity index (χ4n) is 2.34. The Balaban J connectivity index is 3.32. The van der Waals surface area contributed by atoms with Crippen molar-refractivity contribution >= 4 is 10.0 Å². The molecule has 1 aromatic rings. The van der Waals surface area contributed by atoms with Gasteiger partial charge < -0.3 is 10.2 Å². The molecule has 1 rings (SSSR count). The number of aliphatic hydroxyl groups excluding tert-OH is 2. The highest BCUT2D eigenvalue weighted by atomic mass is 32.2. The van der Waals surface area contributed by atoms with E-state index in [0.717, 1.165) is 5.56 Å². The Labute approximate surface area is 120 Å². The van der Waals surface area contributed by atoms with E-state index in [-0.39, 0.29) is 4.90 Å². The molecule has 1 aromatic carbocycles. The fourth-order valence-corrected chi connectivity index (χ4v) is 4.25. The zero-order valence-electron chi connectivity index (χ0n) is 12.4. The smallest absolute Gasteiger partial charge is 0.241 e. The van der Waals surface area contributed by atoms with E-state index in [0.29, 0.717) is 17.5 Å². The molecule has 0 saturated carbocycles. The Kier molecular flexibility index (Phi) is 5.32. The van der Waals surface area contributed by atoms with Gasteiger partial charge in [-0.25, -0.2) is 13.1 Å². The van der Waals surface area contributed by atoms with Gasteiger partial charge in [-0.1, -0.05) is 24.6 Å². The van der Waals surface area contributed by atoms with Crippen molar-refractivity contribution < 1.29 is 18.6 Å². The molecular weight excluding hydrogens is 278 g/mol. The minimum Gasteiger partial charge on any atom is -0.394 e. The van der Waals surface area contributed by atoms with E-state index in [9.17, 15) is 18.6 Å². The monoisotopic (exact) mass is 301 g/mol. The molecule has 3 N–H and O–H groups in total. The highest BCUT2D eigenvalue weighted by Crippen LogP contribution is 2.23. The molecular formula is C14H23NO4S. The van der Waals surface area contributed by atoms with E-state index >= 15 is 0 Å². The number of benzene rings is 1. The van der Waals surface area contributed by atoms with Gasteiger partial charge in [-0.3, -0.25) is 0 Å². The van der Waals surface area contributed by atoms with Crippen LogP contribution in [0.3, 0.4) is 0 Å². The molecule has 0 bridgehead atoms. The second kappa shape index (κ2) is 6.22. The number of aliphatic hydroxyl groups is 2. The first-order valence-electron chi connectivity index (χ1n) is 6.55. The van der Waals surface area contributed by atoms with Gasteiger partial charge in [0.15, 0.2) is 0 Å². The summed E-state index contributed by atoms with van der Waals surface area (Å²) in [4.78, 5) is 0.211. The molecule has 20 heavy (non-hydrogen) atoms. The molecule has 0 aliphatic heterocycles. The second-order valence-electron chi connectivity index (χ2n) is 5.28. The predicted octanol–water partition coefficient (Wildman–Crippen LogP) is 1.02. The Morgan fingerprint density at radius 1 is 1.10 bits per heavy atom.